The molecule has 0 saturated carbocycles. The molecule has 3 rings (SSSR count). The van der Waals surface area contributed by atoms with Gasteiger partial charge in [-0.25, -0.2) is 0 Å². The third-order valence-electron chi connectivity index (χ3n) is 3.53. The van der Waals surface area contributed by atoms with Gasteiger partial charge in [0.25, 0.3) is 0 Å². The van der Waals surface area contributed by atoms with Crippen LogP contribution < -0.4 is 10.2 Å². The Morgan fingerprint density at radius 2 is 2.00 bits per heavy atom. The molecule has 0 atom stereocenters. The maximum absolute atomic E-state index is 4.52. The lowest BCUT2D eigenvalue weighted by Gasteiger charge is -2.30. The highest BCUT2D eigenvalue weighted by Crippen LogP contribution is 2.30. The quantitative estimate of drug-likeness (QED) is 0.878. The Hall–Kier alpha value is -1.13. The summed E-state index contributed by atoms with van der Waals surface area (Å²) in [6.07, 6.45) is 1.92. The molecule has 0 radical (unpaired) electrons. The average molecular weight is 306 g/mol. The van der Waals surface area contributed by atoms with Crippen LogP contribution >= 0.6 is 15.9 Å². The minimum Gasteiger partial charge on any atom is -0.368 e. The first-order valence-corrected chi connectivity index (χ1v) is 7.06. The normalized spacial score (nSPS) is 16.2. The molecule has 0 amide bonds. The first-order valence-electron chi connectivity index (χ1n) is 6.27. The zero-order chi connectivity index (χ0) is 12.5. The number of rotatable bonds is 1. The molecule has 0 spiro atoms. The second-order valence-corrected chi connectivity index (χ2v) is 5.49. The summed E-state index contributed by atoms with van der Waals surface area (Å²) in [6.45, 7) is 6.35. The van der Waals surface area contributed by atoms with Crippen molar-refractivity contribution in [1.29, 1.82) is 0 Å². The summed E-state index contributed by atoms with van der Waals surface area (Å²) in [5.41, 5.74) is 3.61. The number of hydrogen-bond acceptors (Lipinski definition) is 3. The smallest absolute Gasteiger partial charge is 0.0763 e. The molecular weight excluding hydrogens is 290 g/mol. The van der Waals surface area contributed by atoms with Crippen LogP contribution in [0.15, 0.2) is 28.9 Å². The molecule has 1 aromatic heterocycles. The van der Waals surface area contributed by atoms with Crippen LogP contribution in [0.25, 0.3) is 10.9 Å². The predicted molar refractivity (Wildman–Crippen MR) is 79.3 cm³/mol. The number of aromatic nitrogens is 1. The van der Waals surface area contributed by atoms with Crippen LogP contribution in [-0.4, -0.2) is 31.2 Å². The van der Waals surface area contributed by atoms with Crippen LogP contribution in [0.2, 0.25) is 0 Å². The van der Waals surface area contributed by atoms with E-state index in [0.717, 1.165) is 36.2 Å². The molecule has 1 fully saturated rings. The van der Waals surface area contributed by atoms with E-state index >= 15 is 0 Å². The monoisotopic (exact) mass is 305 g/mol. The van der Waals surface area contributed by atoms with Crippen molar-refractivity contribution in [2.45, 2.75) is 6.92 Å². The van der Waals surface area contributed by atoms with Gasteiger partial charge >= 0.3 is 0 Å². The molecule has 0 unspecified atom stereocenters. The number of nitrogens with zero attached hydrogens (tertiary/aromatic N) is 2. The lowest BCUT2D eigenvalue weighted by atomic mass is 10.1. The minimum atomic E-state index is 1.05. The number of fused-ring (bicyclic) bond motifs is 1. The molecule has 3 nitrogen and oxygen atoms in total. The van der Waals surface area contributed by atoms with Crippen LogP contribution in [0.1, 0.15) is 5.56 Å². The van der Waals surface area contributed by atoms with Gasteiger partial charge in [-0.2, -0.15) is 0 Å². The molecule has 18 heavy (non-hydrogen) atoms. The van der Waals surface area contributed by atoms with Crippen molar-refractivity contribution in [1.82, 2.24) is 10.3 Å². The fourth-order valence-electron chi connectivity index (χ4n) is 2.50. The summed E-state index contributed by atoms with van der Waals surface area (Å²) >= 11 is 3.57. The van der Waals surface area contributed by atoms with E-state index in [0.29, 0.717) is 0 Å². The zero-order valence-electron chi connectivity index (χ0n) is 10.4. The Balaban J connectivity index is 2.14. The molecule has 2 aromatic rings. The lowest BCUT2D eigenvalue weighted by molar-refractivity contribution is 0.590. The Morgan fingerprint density at radius 1 is 1.22 bits per heavy atom. The first kappa shape index (κ1) is 11.9. The number of pyridine rings is 1. The van der Waals surface area contributed by atoms with Crippen LogP contribution in [0.4, 0.5) is 5.69 Å². The molecule has 1 aliphatic rings. The fourth-order valence-corrected chi connectivity index (χ4v) is 2.82. The summed E-state index contributed by atoms with van der Waals surface area (Å²) in [6, 6.07) is 6.41. The number of aryl methyl sites for hydroxylation is 1. The number of hydrogen-bond donors (Lipinski definition) is 1. The van der Waals surface area contributed by atoms with Gasteiger partial charge in [0.05, 0.1) is 5.52 Å². The van der Waals surface area contributed by atoms with Gasteiger partial charge in [0.2, 0.25) is 0 Å². The van der Waals surface area contributed by atoms with E-state index in [2.05, 4.69) is 56.3 Å². The lowest BCUT2D eigenvalue weighted by Crippen LogP contribution is -2.43. The molecule has 1 saturated heterocycles. The molecule has 0 bridgehead atoms. The fraction of sp³-hybridized carbons (Fsp3) is 0.357. The van der Waals surface area contributed by atoms with Crippen molar-refractivity contribution in [2.75, 3.05) is 31.1 Å². The Morgan fingerprint density at radius 3 is 2.78 bits per heavy atom. The molecule has 2 heterocycles. The largest absolute Gasteiger partial charge is 0.368 e. The molecule has 94 valence electrons. The van der Waals surface area contributed by atoms with Gasteiger partial charge in [-0.05, 0) is 30.7 Å². The number of piperazine rings is 1. The number of halogens is 1. The molecular formula is C14H16BrN3. The van der Waals surface area contributed by atoms with Crippen molar-refractivity contribution in [3.8, 4) is 0 Å². The van der Waals surface area contributed by atoms with Crippen molar-refractivity contribution in [3.05, 3.63) is 34.4 Å². The predicted octanol–water partition coefficient (Wildman–Crippen LogP) is 2.72. The maximum Gasteiger partial charge on any atom is 0.0763 e. The van der Waals surface area contributed by atoms with Crippen LogP contribution in [0, 0.1) is 6.92 Å². The number of anilines is 1. The number of nitrogens with one attached hydrogen (secondary N) is 1. The maximum atomic E-state index is 4.52. The first-order chi connectivity index (χ1) is 8.77. The molecule has 1 aliphatic heterocycles. The Labute approximate surface area is 115 Å². The van der Waals surface area contributed by atoms with Crippen LogP contribution in [0.3, 0.4) is 0 Å². The minimum absolute atomic E-state index is 1.05. The van der Waals surface area contributed by atoms with Crippen LogP contribution in [0.5, 0.6) is 0 Å². The van der Waals surface area contributed by atoms with Gasteiger partial charge in [-0.1, -0.05) is 15.9 Å². The Kier molecular flexibility index (Phi) is 3.22. The van der Waals surface area contributed by atoms with Gasteiger partial charge in [-0.3, -0.25) is 4.98 Å². The van der Waals surface area contributed by atoms with E-state index in [9.17, 15) is 0 Å². The van der Waals surface area contributed by atoms with E-state index in [-0.39, 0.29) is 0 Å². The average Bonchev–Trinajstić information content (AvgIpc) is 2.43. The summed E-state index contributed by atoms with van der Waals surface area (Å²) in [7, 11) is 0. The number of benzene rings is 1. The second-order valence-electron chi connectivity index (χ2n) is 4.64. The summed E-state index contributed by atoms with van der Waals surface area (Å²) < 4.78 is 1.12. The van der Waals surface area contributed by atoms with Gasteiger partial charge < -0.3 is 10.2 Å². The van der Waals surface area contributed by atoms with E-state index in [4.69, 9.17) is 0 Å². The van der Waals surface area contributed by atoms with E-state index < -0.39 is 0 Å². The SMILES string of the molecule is Cc1c(Br)ccc2c(N3CCNCC3)ccnc12. The molecule has 1 aromatic carbocycles. The van der Waals surface area contributed by atoms with E-state index in [1.54, 1.807) is 0 Å². The third kappa shape index (κ3) is 1.99. The third-order valence-corrected chi connectivity index (χ3v) is 4.39. The summed E-state index contributed by atoms with van der Waals surface area (Å²) in [5.74, 6) is 0. The van der Waals surface area contributed by atoms with Gasteiger partial charge in [0.1, 0.15) is 0 Å². The van der Waals surface area contributed by atoms with Gasteiger partial charge in [0, 0.05) is 47.9 Å². The van der Waals surface area contributed by atoms with E-state index in [1.807, 2.05) is 6.20 Å². The highest BCUT2D eigenvalue weighted by Gasteiger charge is 2.14. The summed E-state index contributed by atoms with van der Waals surface area (Å²) in [5, 5.41) is 4.64. The van der Waals surface area contributed by atoms with Gasteiger partial charge in [0.15, 0.2) is 0 Å². The molecule has 1 N–H and O–H groups in total. The van der Waals surface area contributed by atoms with Crippen molar-refractivity contribution in [2.24, 2.45) is 0 Å². The van der Waals surface area contributed by atoms with E-state index in [1.165, 1.54) is 16.6 Å². The molecule has 4 heteroatoms. The summed E-state index contributed by atoms with van der Waals surface area (Å²) in [4.78, 5) is 6.96. The Bertz CT molecular complexity index is 577. The van der Waals surface area contributed by atoms with Gasteiger partial charge in [-0.15, -0.1) is 0 Å². The van der Waals surface area contributed by atoms with Crippen molar-refractivity contribution in [3.63, 3.8) is 0 Å². The second kappa shape index (κ2) is 4.86. The standard InChI is InChI=1S/C14H16BrN3/c1-10-12(15)3-2-11-13(4-5-17-14(10)11)18-8-6-16-7-9-18/h2-5,16H,6-9H2,1H3. The van der Waals surface area contributed by atoms with Crippen molar-refractivity contribution >= 4 is 32.5 Å². The highest BCUT2D eigenvalue weighted by molar-refractivity contribution is 9.10. The zero-order valence-corrected chi connectivity index (χ0v) is 12.0. The highest BCUT2D eigenvalue weighted by atomic mass is 79.9. The van der Waals surface area contributed by atoms with Crippen molar-refractivity contribution < 1.29 is 0 Å². The van der Waals surface area contributed by atoms with Crippen LogP contribution in [-0.2, 0) is 0 Å². The molecule has 0 aliphatic carbocycles. The topological polar surface area (TPSA) is 28.2 Å².